The maximum absolute atomic E-state index is 13.2. The molecular formula is C28H34N2O5. The molecule has 1 saturated carbocycles. The van der Waals surface area contributed by atoms with E-state index in [1.165, 1.54) is 11.1 Å². The second-order valence-electron chi connectivity index (χ2n) is 9.92. The van der Waals surface area contributed by atoms with Gasteiger partial charge in [-0.3, -0.25) is 9.59 Å². The van der Waals surface area contributed by atoms with Crippen molar-refractivity contribution in [2.45, 2.75) is 56.9 Å². The van der Waals surface area contributed by atoms with Crippen LogP contribution in [0.1, 0.15) is 62.5 Å². The average Bonchev–Trinajstić information content (AvgIpc) is 3.16. The minimum absolute atomic E-state index is 0.0230. The summed E-state index contributed by atoms with van der Waals surface area (Å²) in [4.78, 5) is 38.6. The number of hydrogen-bond acceptors (Lipinski definition) is 4. The van der Waals surface area contributed by atoms with Crippen molar-refractivity contribution < 1.29 is 24.2 Å². The van der Waals surface area contributed by atoms with E-state index in [2.05, 4.69) is 29.6 Å². The Balaban J connectivity index is 1.40. The van der Waals surface area contributed by atoms with Crippen LogP contribution in [0.15, 0.2) is 48.5 Å². The molecule has 2 aliphatic carbocycles. The van der Waals surface area contributed by atoms with Gasteiger partial charge >= 0.3 is 12.1 Å². The van der Waals surface area contributed by atoms with Crippen molar-refractivity contribution in [2.24, 2.45) is 5.92 Å². The fraction of sp³-hybridized carbons (Fsp3) is 0.464. The SMILES string of the molecule is CN(CCCC(=O)O)C(=O)C1CCCCC1(C)NC(=O)OCC1c2ccccc2-c2ccccc21. The molecule has 4 rings (SSSR count). The van der Waals surface area contributed by atoms with E-state index in [9.17, 15) is 14.4 Å². The van der Waals surface area contributed by atoms with Crippen LogP contribution in [0.25, 0.3) is 11.1 Å². The predicted molar refractivity (Wildman–Crippen MR) is 133 cm³/mol. The fourth-order valence-electron chi connectivity index (χ4n) is 5.59. The maximum Gasteiger partial charge on any atom is 0.407 e. The van der Waals surface area contributed by atoms with Crippen LogP contribution in [0.5, 0.6) is 0 Å². The van der Waals surface area contributed by atoms with Crippen LogP contribution in [0.3, 0.4) is 0 Å². The Morgan fingerprint density at radius 3 is 2.31 bits per heavy atom. The number of alkyl carbamates (subject to hydrolysis) is 1. The molecule has 7 heteroatoms. The minimum atomic E-state index is -0.870. The van der Waals surface area contributed by atoms with Crippen LogP contribution in [0.2, 0.25) is 0 Å². The number of hydrogen-bond donors (Lipinski definition) is 2. The van der Waals surface area contributed by atoms with E-state index in [0.717, 1.165) is 24.0 Å². The van der Waals surface area contributed by atoms with Gasteiger partial charge in [-0.1, -0.05) is 61.4 Å². The number of aliphatic carboxylic acids is 1. The van der Waals surface area contributed by atoms with Gasteiger partial charge in [-0.2, -0.15) is 0 Å². The van der Waals surface area contributed by atoms with Gasteiger partial charge in [0.2, 0.25) is 5.91 Å². The molecule has 2 N–H and O–H groups in total. The molecule has 186 valence electrons. The number of ether oxygens (including phenoxy) is 1. The Kier molecular flexibility index (Phi) is 7.43. The highest BCUT2D eigenvalue weighted by molar-refractivity contribution is 5.82. The Morgan fingerprint density at radius 2 is 1.69 bits per heavy atom. The number of nitrogens with zero attached hydrogens (tertiary/aromatic N) is 1. The van der Waals surface area contributed by atoms with Gasteiger partial charge in [0.25, 0.3) is 0 Å². The summed E-state index contributed by atoms with van der Waals surface area (Å²) in [6.45, 7) is 2.52. The molecule has 7 nitrogen and oxygen atoms in total. The molecule has 0 bridgehead atoms. The Hall–Kier alpha value is -3.35. The lowest BCUT2D eigenvalue weighted by Crippen LogP contribution is -2.57. The van der Waals surface area contributed by atoms with Crippen LogP contribution in [0.4, 0.5) is 4.79 Å². The summed E-state index contributed by atoms with van der Waals surface area (Å²) in [5.41, 5.74) is 3.95. The summed E-state index contributed by atoms with van der Waals surface area (Å²) in [5, 5.41) is 11.9. The number of carbonyl (C=O) groups is 3. The molecule has 0 heterocycles. The summed E-state index contributed by atoms with van der Waals surface area (Å²) in [5.74, 6) is -1.32. The van der Waals surface area contributed by atoms with Crippen LogP contribution in [-0.4, -0.2) is 53.7 Å². The number of nitrogens with one attached hydrogen (secondary N) is 1. The molecule has 0 saturated heterocycles. The molecule has 2 aromatic rings. The highest BCUT2D eigenvalue weighted by atomic mass is 16.5. The third-order valence-corrected chi connectivity index (χ3v) is 7.50. The van der Waals surface area contributed by atoms with Crippen molar-refractivity contribution in [2.75, 3.05) is 20.2 Å². The topological polar surface area (TPSA) is 95.9 Å². The minimum Gasteiger partial charge on any atom is -0.481 e. The maximum atomic E-state index is 13.2. The van der Waals surface area contributed by atoms with Gasteiger partial charge in [0.1, 0.15) is 6.61 Å². The van der Waals surface area contributed by atoms with E-state index < -0.39 is 17.6 Å². The molecule has 0 aromatic heterocycles. The Bertz CT molecular complexity index is 1050. The Labute approximate surface area is 206 Å². The zero-order chi connectivity index (χ0) is 25.0. The van der Waals surface area contributed by atoms with Gasteiger partial charge in [-0.15, -0.1) is 0 Å². The van der Waals surface area contributed by atoms with Gasteiger partial charge in [0.05, 0.1) is 11.5 Å². The van der Waals surface area contributed by atoms with Gasteiger partial charge in [-0.25, -0.2) is 4.79 Å². The van der Waals surface area contributed by atoms with Crippen molar-refractivity contribution in [1.29, 1.82) is 0 Å². The number of carbonyl (C=O) groups excluding carboxylic acids is 2. The summed E-state index contributed by atoms with van der Waals surface area (Å²) in [7, 11) is 1.70. The lowest BCUT2D eigenvalue weighted by atomic mass is 9.73. The lowest BCUT2D eigenvalue weighted by Gasteiger charge is -2.42. The highest BCUT2D eigenvalue weighted by Crippen LogP contribution is 2.44. The summed E-state index contributed by atoms with van der Waals surface area (Å²) < 4.78 is 5.75. The van der Waals surface area contributed by atoms with E-state index in [1.54, 1.807) is 11.9 Å². The van der Waals surface area contributed by atoms with E-state index in [0.29, 0.717) is 25.8 Å². The molecule has 1 fully saturated rings. The van der Waals surface area contributed by atoms with Gasteiger partial charge in [0, 0.05) is 25.9 Å². The average molecular weight is 479 g/mol. The lowest BCUT2D eigenvalue weighted by molar-refractivity contribution is -0.140. The number of rotatable bonds is 8. The van der Waals surface area contributed by atoms with Crippen molar-refractivity contribution in [3.63, 3.8) is 0 Å². The summed E-state index contributed by atoms with van der Waals surface area (Å²) in [6.07, 6.45) is 3.13. The smallest absolute Gasteiger partial charge is 0.407 e. The summed E-state index contributed by atoms with van der Waals surface area (Å²) >= 11 is 0. The van der Waals surface area contributed by atoms with E-state index in [1.807, 2.05) is 31.2 Å². The molecule has 0 spiro atoms. The molecule has 2 unspecified atom stereocenters. The first kappa shape index (κ1) is 24.8. The van der Waals surface area contributed by atoms with Crippen molar-refractivity contribution in [3.05, 3.63) is 59.7 Å². The zero-order valence-corrected chi connectivity index (χ0v) is 20.5. The number of carboxylic acid groups (broad SMARTS) is 1. The first-order valence-corrected chi connectivity index (χ1v) is 12.4. The van der Waals surface area contributed by atoms with Crippen molar-refractivity contribution >= 4 is 18.0 Å². The molecule has 2 aliphatic rings. The largest absolute Gasteiger partial charge is 0.481 e. The molecule has 2 aromatic carbocycles. The first-order chi connectivity index (χ1) is 16.8. The molecule has 0 radical (unpaired) electrons. The van der Waals surface area contributed by atoms with E-state index in [4.69, 9.17) is 9.84 Å². The highest BCUT2D eigenvalue weighted by Gasteiger charge is 2.43. The zero-order valence-electron chi connectivity index (χ0n) is 20.5. The Morgan fingerprint density at radius 1 is 1.06 bits per heavy atom. The van der Waals surface area contributed by atoms with Gasteiger partial charge in [0.15, 0.2) is 0 Å². The molecule has 2 amide bonds. The monoisotopic (exact) mass is 478 g/mol. The fourth-order valence-corrected chi connectivity index (χ4v) is 5.59. The molecule has 0 aliphatic heterocycles. The second kappa shape index (κ2) is 10.5. The standard InChI is InChI=1S/C28H34N2O5/c1-28(16-8-7-14-24(28)26(33)30(2)17-9-15-25(31)32)29-27(34)35-18-23-21-12-5-3-10-19(21)20-11-4-6-13-22(20)23/h3-6,10-13,23-24H,7-9,14-18H2,1-2H3,(H,29,34)(H,31,32). The quantitative estimate of drug-likeness (QED) is 0.568. The number of benzene rings is 2. The molecular weight excluding hydrogens is 444 g/mol. The van der Waals surface area contributed by atoms with Crippen LogP contribution < -0.4 is 5.32 Å². The number of amides is 2. The second-order valence-corrected chi connectivity index (χ2v) is 9.92. The van der Waals surface area contributed by atoms with E-state index in [-0.39, 0.29) is 30.8 Å². The predicted octanol–water partition coefficient (Wildman–Crippen LogP) is 4.80. The molecule has 2 atom stereocenters. The summed E-state index contributed by atoms with van der Waals surface area (Å²) in [6, 6.07) is 16.4. The van der Waals surface area contributed by atoms with Gasteiger partial charge in [-0.05, 0) is 48.4 Å². The number of carboxylic acids is 1. The van der Waals surface area contributed by atoms with Crippen LogP contribution in [0, 0.1) is 5.92 Å². The van der Waals surface area contributed by atoms with Crippen molar-refractivity contribution in [3.8, 4) is 11.1 Å². The van der Waals surface area contributed by atoms with Crippen LogP contribution >= 0.6 is 0 Å². The third-order valence-electron chi connectivity index (χ3n) is 7.50. The normalized spacial score (nSPS) is 21.0. The molecule has 35 heavy (non-hydrogen) atoms. The van der Waals surface area contributed by atoms with E-state index >= 15 is 0 Å². The van der Waals surface area contributed by atoms with Gasteiger partial charge < -0.3 is 20.1 Å². The number of fused-ring (bicyclic) bond motifs is 3. The first-order valence-electron chi connectivity index (χ1n) is 12.4. The third kappa shape index (κ3) is 5.34. The van der Waals surface area contributed by atoms with Crippen LogP contribution in [-0.2, 0) is 14.3 Å². The van der Waals surface area contributed by atoms with Crippen molar-refractivity contribution in [1.82, 2.24) is 10.2 Å².